The van der Waals surface area contributed by atoms with Crippen molar-refractivity contribution in [1.29, 1.82) is 0 Å². The van der Waals surface area contributed by atoms with Gasteiger partial charge in [-0.15, -0.1) is 0 Å². The van der Waals surface area contributed by atoms with E-state index in [-0.39, 0.29) is 25.0 Å². The molecule has 2 amide bonds. The normalized spacial score (nSPS) is 25.6. The van der Waals surface area contributed by atoms with Crippen LogP contribution in [0.1, 0.15) is 26.2 Å². The van der Waals surface area contributed by atoms with Crippen molar-refractivity contribution >= 4 is 12.0 Å². The largest absolute Gasteiger partial charge is 0.479 e. The average Bonchev–Trinajstić information content (AvgIpc) is 2.33. The Labute approximate surface area is 113 Å². The zero-order valence-corrected chi connectivity index (χ0v) is 11.4. The molecular formula is C12H23N3O4. The molecule has 3 unspecified atom stereocenters. The molecule has 0 spiro atoms. The highest BCUT2D eigenvalue weighted by Gasteiger charge is 2.23. The van der Waals surface area contributed by atoms with Crippen LogP contribution in [0.2, 0.25) is 0 Å². The number of carboxylic acid groups (broad SMARTS) is 1. The maximum atomic E-state index is 11.6. The molecule has 19 heavy (non-hydrogen) atoms. The van der Waals surface area contributed by atoms with Crippen LogP contribution in [0.5, 0.6) is 0 Å². The highest BCUT2D eigenvalue weighted by molar-refractivity contribution is 5.74. The summed E-state index contributed by atoms with van der Waals surface area (Å²) < 4.78 is 0. The second-order valence-electron chi connectivity index (χ2n) is 5.09. The third-order valence-electron chi connectivity index (χ3n) is 3.53. The zero-order chi connectivity index (χ0) is 14.4. The Hall–Kier alpha value is -1.34. The average molecular weight is 273 g/mol. The van der Waals surface area contributed by atoms with E-state index in [9.17, 15) is 9.59 Å². The summed E-state index contributed by atoms with van der Waals surface area (Å²) in [6.45, 7) is 3.21. The molecule has 0 saturated carbocycles. The minimum absolute atomic E-state index is 0.00651. The minimum atomic E-state index is -1.43. The number of nitrogens with zero attached hydrogens (tertiary/aromatic N) is 1. The summed E-state index contributed by atoms with van der Waals surface area (Å²) >= 11 is 0. The molecule has 1 aliphatic heterocycles. The van der Waals surface area contributed by atoms with E-state index in [2.05, 4.69) is 29.5 Å². The van der Waals surface area contributed by atoms with Crippen LogP contribution in [0.3, 0.4) is 0 Å². The molecule has 110 valence electrons. The molecular weight excluding hydrogens is 250 g/mol. The van der Waals surface area contributed by atoms with Crippen LogP contribution in [-0.2, 0) is 4.79 Å². The predicted octanol–water partition coefficient (Wildman–Crippen LogP) is -0.396. The lowest BCUT2D eigenvalue weighted by atomic mass is 9.99. The summed E-state index contributed by atoms with van der Waals surface area (Å²) in [4.78, 5) is 24.2. The molecule has 1 aliphatic rings. The van der Waals surface area contributed by atoms with Gasteiger partial charge < -0.3 is 25.7 Å². The molecule has 0 bridgehead atoms. The molecule has 0 aromatic heterocycles. The van der Waals surface area contributed by atoms with Crippen LogP contribution < -0.4 is 10.6 Å². The number of rotatable bonds is 5. The monoisotopic (exact) mass is 273 g/mol. The van der Waals surface area contributed by atoms with Crippen LogP contribution in [0, 0.1) is 0 Å². The molecule has 4 N–H and O–H groups in total. The van der Waals surface area contributed by atoms with Gasteiger partial charge in [0.05, 0.1) is 0 Å². The number of aliphatic hydroxyl groups excluding tert-OH is 1. The smallest absolute Gasteiger partial charge is 0.332 e. The summed E-state index contributed by atoms with van der Waals surface area (Å²) in [5.41, 5.74) is 0. The molecule has 1 saturated heterocycles. The molecule has 1 fully saturated rings. The number of hydrogen-bond acceptors (Lipinski definition) is 4. The van der Waals surface area contributed by atoms with Crippen LogP contribution in [-0.4, -0.2) is 65.4 Å². The van der Waals surface area contributed by atoms with Crippen molar-refractivity contribution in [3.63, 3.8) is 0 Å². The fraction of sp³-hybridized carbons (Fsp3) is 0.833. The van der Waals surface area contributed by atoms with Crippen molar-refractivity contribution in [3.8, 4) is 0 Å². The van der Waals surface area contributed by atoms with E-state index in [1.54, 1.807) is 0 Å². The Bertz CT molecular complexity index is 324. The number of urea groups is 1. The van der Waals surface area contributed by atoms with Crippen molar-refractivity contribution < 1.29 is 19.8 Å². The van der Waals surface area contributed by atoms with E-state index in [0.29, 0.717) is 6.04 Å². The Kier molecular flexibility index (Phi) is 6.04. The van der Waals surface area contributed by atoms with Gasteiger partial charge in [-0.25, -0.2) is 9.59 Å². The van der Waals surface area contributed by atoms with Gasteiger partial charge >= 0.3 is 12.0 Å². The number of carbonyl (C=O) groups excluding carboxylic acids is 1. The van der Waals surface area contributed by atoms with E-state index < -0.39 is 12.1 Å². The summed E-state index contributed by atoms with van der Waals surface area (Å²) in [5.74, 6) is -1.27. The molecule has 1 heterocycles. The number of aliphatic hydroxyl groups is 1. The lowest BCUT2D eigenvalue weighted by Crippen LogP contribution is -2.50. The molecule has 0 aliphatic carbocycles. The van der Waals surface area contributed by atoms with Gasteiger partial charge in [-0.1, -0.05) is 0 Å². The molecule has 0 aromatic carbocycles. The van der Waals surface area contributed by atoms with Crippen LogP contribution in [0.15, 0.2) is 0 Å². The van der Waals surface area contributed by atoms with Crippen molar-refractivity contribution in [2.24, 2.45) is 0 Å². The summed E-state index contributed by atoms with van der Waals surface area (Å²) in [7, 11) is 2.06. The van der Waals surface area contributed by atoms with Gasteiger partial charge in [0.15, 0.2) is 6.10 Å². The lowest BCUT2D eigenvalue weighted by molar-refractivity contribution is -0.146. The lowest BCUT2D eigenvalue weighted by Gasteiger charge is -2.35. The second-order valence-corrected chi connectivity index (χ2v) is 5.09. The number of amides is 2. The SMILES string of the molecule is CC1CC(NC(=O)NCCC(O)C(=O)O)CCN1C. The van der Waals surface area contributed by atoms with Gasteiger partial charge in [-0.05, 0) is 26.8 Å². The quantitative estimate of drug-likeness (QED) is 0.546. The van der Waals surface area contributed by atoms with E-state index in [0.717, 1.165) is 19.4 Å². The Morgan fingerprint density at radius 2 is 2.16 bits per heavy atom. The van der Waals surface area contributed by atoms with Gasteiger partial charge in [0, 0.05) is 31.6 Å². The van der Waals surface area contributed by atoms with E-state index in [1.165, 1.54) is 0 Å². The Morgan fingerprint density at radius 1 is 1.47 bits per heavy atom. The van der Waals surface area contributed by atoms with E-state index in [4.69, 9.17) is 10.2 Å². The maximum absolute atomic E-state index is 11.6. The first-order chi connectivity index (χ1) is 8.90. The number of carbonyl (C=O) groups is 2. The maximum Gasteiger partial charge on any atom is 0.332 e. The van der Waals surface area contributed by atoms with E-state index in [1.807, 2.05) is 0 Å². The Morgan fingerprint density at radius 3 is 2.74 bits per heavy atom. The number of piperidine rings is 1. The molecule has 3 atom stereocenters. The van der Waals surface area contributed by atoms with Gasteiger partial charge in [0.1, 0.15) is 0 Å². The highest BCUT2D eigenvalue weighted by Crippen LogP contribution is 2.14. The van der Waals surface area contributed by atoms with E-state index >= 15 is 0 Å². The van der Waals surface area contributed by atoms with Crippen molar-refractivity contribution in [1.82, 2.24) is 15.5 Å². The number of nitrogens with one attached hydrogen (secondary N) is 2. The zero-order valence-electron chi connectivity index (χ0n) is 11.4. The fourth-order valence-corrected chi connectivity index (χ4v) is 2.10. The predicted molar refractivity (Wildman–Crippen MR) is 69.9 cm³/mol. The summed E-state index contributed by atoms with van der Waals surface area (Å²) in [6, 6.07) is 0.280. The third-order valence-corrected chi connectivity index (χ3v) is 3.53. The molecule has 0 aromatic rings. The van der Waals surface area contributed by atoms with Crippen molar-refractivity contribution in [2.75, 3.05) is 20.1 Å². The summed E-state index contributed by atoms with van der Waals surface area (Å²) in [6.07, 6.45) is 0.393. The number of likely N-dealkylation sites (tertiary alicyclic amines) is 1. The minimum Gasteiger partial charge on any atom is -0.479 e. The fourth-order valence-electron chi connectivity index (χ4n) is 2.10. The van der Waals surface area contributed by atoms with Gasteiger partial charge in [-0.2, -0.15) is 0 Å². The molecule has 0 radical (unpaired) electrons. The van der Waals surface area contributed by atoms with Gasteiger partial charge in [-0.3, -0.25) is 0 Å². The van der Waals surface area contributed by atoms with Crippen LogP contribution >= 0.6 is 0 Å². The Balaban J connectivity index is 2.19. The molecule has 1 rings (SSSR count). The third kappa shape index (κ3) is 5.44. The first-order valence-corrected chi connectivity index (χ1v) is 6.55. The standard InChI is InChI=1S/C12H23N3O4/c1-8-7-9(4-6-15(8)2)14-12(19)13-5-3-10(16)11(17)18/h8-10,16H,3-7H2,1-2H3,(H,17,18)(H2,13,14,19). The number of aliphatic carboxylic acids is 1. The highest BCUT2D eigenvalue weighted by atomic mass is 16.4. The van der Waals surface area contributed by atoms with Crippen LogP contribution in [0.4, 0.5) is 4.79 Å². The number of hydrogen-bond donors (Lipinski definition) is 4. The van der Waals surface area contributed by atoms with Crippen molar-refractivity contribution in [2.45, 2.75) is 44.4 Å². The van der Waals surface area contributed by atoms with Gasteiger partial charge in [0.2, 0.25) is 0 Å². The first kappa shape index (κ1) is 15.7. The first-order valence-electron chi connectivity index (χ1n) is 6.55. The number of carboxylic acids is 1. The van der Waals surface area contributed by atoms with Crippen molar-refractivity contribution in [3.05, 3.63) is 0 Å². The molecule has 7 heteroatoms. The van der Waals surface area contributed by atoms with Crippen LogP contribution in [0.25, 0.3) is 0 Å². The molecule has 7 nitrogen and oxygen atoms in total. The van der Waals surface area contributed by atoms with Gasteiger partial charge in [0.25, 0.3) is 0 Å². The second kappa shape index (κ2) is 7.30. The topological polar surface area (TPSA) is 102 Å². The summed E-state index contributed by atoms with van der Waals surface area (Å²) in [5, 5.41) is 22.9.